The number of aliphatic hydroxyl groups excluding tert-OH is 1. The van der Waals surface area contributed by atoms with E-state index in [0.29, 0.717) is 31.5 Å². The molecule has 1 aromatic rings. The third-order valence-corrected chi connectivity index (χ3v) is 5.57. The Kier molecular flexibility index (Phi) is 7.32. The number of fused-ring (bicyclic) bond motifs is 3. The molecule has 1 fully saturated rings. The highest BCUT2D eigenvalue weighted by atomic mass is 16.5. The minimum absolute atomic E-state index is 0.137. The quantitative estimate of drug-likeness (QED) is 0.880. The molecule has 2 aliphatic rings. The van der Waals surface area contributed by atoms with Gasteiger partial charge in [0.15, 0.2) is 0 Å². The van der Waals surface area contributed by atoms with Crippen LogP contribution in [0.3, 0.4) is 0 Å². The lowest BCUT2D eigenvalue weighted by Crippen LogP contribution is -2.44. The molecule has 2 bridgehead atoms. The van der Waals surface area contributed by atoms with E-state index in [1.54, 1.807) is 0 Å². The number of carbonyl (C=O) groups excluding carboxylic acids is 1. The first-order chi connectivity index (χ1) is 12.8. The van der Waals surface area contributed by atoms with Crippen LogP contribution in [0.15, 0.2) is 24.3 Å². The number of amides is 1. The van der Waals surface area contributed by atoms with Crippen molar-refractivity contribution in [2.75, 3.05) is 39.4 Å². The topological polar surface area (TPSA) is 53.0 Å². The fraction of sp³-hybridized carbons (Fsp3) is 0.667. The Morgan fingerprint density at radius 3 is 2.88 bits per heavy atom. The van der Waals surface area contributed by atoms with Crippen LogP contribution in [0.2, 0.25) is 0 Å². The predicted octanol–water partition coefficient (Wildman–Crippen LogP) is 2.47. The fourth-order valence-electron chi connectivity index (χ4n) is 4.12. The van der Waals surface area contributed by atoms with Gasteiger partial charge in [-0.25, -0.2) is 0 Å². The van der Waals surface area contributed by atoms with Crippen molar-refractivity contribution < 1.29 is 14.6 Å². The van der Waals surface area contributed by atoms with Crippen LogP contribution in [-0.4, -0.2) is 66.2 Å². The maximum absolute atomic E-state index is 12.8. The number of aliphatic hydroxyl groups is 1. The summed E-state index contributed by atoms with van der Waals surface area (Å²) in [6, 6.07) is 8.72. The Bertz CT molecular complexity index is 578. The molecule has 0 aliphatic carbocycles. The van der Waals surface area contributed by atoms with E-state index in [1.165, 1.54) is 12.0 Å². The van der Waals surface area contributed by atoms with Gasteiger partial charge < -0.3 is 14.7 Å². The van der Waals surface area contributed by atoms with Crippen molar-refractivity contribution in [3.05, 3.63) is 29.8 Å². The van der Waals surface area contributed by atoms with E-state index in [4.69, 9.17) is 4.74 Å². The number of aryl methyl sites for hydroxylation is 1. The molecule has 1 saturated heterocycles. The van der Waals surface area contributed by atoms with Gasteiger partial charge in [0.05, 0.1) is 6.61 Å². The van der Waals surface area contributed by atoms with E-state index < -0.39 is 0 Å². The molecule has 0 radical (unpaired) electrons. The third-order valence-electron chi connectivity index (χ3n) is 5.57. The van der Waals surface area contributed by atoms with Gasteiger partial charge in [-0.05, 0) is 62.8 Å². The first kappa shape index (κ1) is 19.2. The van der Waals surface area contributed by atoms with Crippen molar-refractivity contribution in [1.29, 1.82) is 0 Å². The minimum atomic E-state index is 0.137. The molecule has 1 aromatic carbocycles. The van der Waals surface area contributed by atoms with Gasteiger partial charge in [-0.1, -0.05) is 12.1 Å². The number of ether oxygens (including phenoxy) is 1. The first-order valence-electron chi connectivity index (χ1n) is 10.1. The Hall–Kier alpha value is -1.59. The van der Waals surface area contributed by atoms with Crippen molar-refractivity contribution in [2.45, 2.75) is 51.0 Å². The van der Waals surface area contributed by atoms with Crippen molar-refractivity contribution >= 4 is 5.91 Å². The number of β-amino-alcohol motifs (C(OH)–C–C–N with tert-alkyl or cyclic N) is 1. The first-order valence-corrected chi connectivity index (χ1v) is 10.1. The van der Waals surface area contributed by atoms with Crippen LogP contribution < -0.4 is 4.74 Å². The highest BCUT2D eigenvalue weighted by Crippen LogP contribution is 2.24. The summed E-state index contributed by atoms with van der Waals surface area (Å²) in [5.41, 5.74) is 1.28. The van der Waals surface area contributed by atoms with Crippen LogP contribution in [0.5, 0.6) is 5.75 Å². The molecule has 1 atom stereocenters. The van der Waals surface area contributed by atoms with Gasteiger partial charge in [0.25, 0.3) is 0 Å². The van der Waals surface area contributed by atoms with Crippen molar-refractivity contribution in [3.8, 4) is 5.75 Å². The van der Waals surface area contributed by atoms with Gasteiger partial charge in [-0.3, -0.25) is 9.69 Å². The molecule has 0 spiro atoms. The molecular formula is C21H32N2O3. The molecule has 2 heterocycles. The number of piperidine rings is 1. The van der Waals surface area contributed by atoms with Crippen LogP contribution >= 0.6 is 0 Å². The lowest BCUT2D eigenvalue weighted by atomic mass is 9.95. The summed E-state index contributed by atoms with van der Waals surface area (Å²) in [5.74, 6) is 1.22. The highest BCUT2D eigenvalue weighted by Gasteiger charge is 2.26. The molecule has 0 saturated carbocycles. The summed E-state index contributed by atoms with van der Waals surface area (Å²) in [5, 5.41) is 9.29. The molecule has 1 N–H and O–H groups in total. The molecule has 3 rings (SSSR count). The van der Waals surface area contributed by atoms with Gasteiger partial charge in [0.2, 0.25) is 5.91 Å². The second kappa shape index (κ2) is 9.93. The standard InChI is InChI=1S/C21H32N2O3/c24-15-13-22-11-4-8-21(25)23-12-2-1-6-19(23)10-9-18-5-3-7-20(17-18)26-16-14-22/h3,5,7,17,19,24H,1-2,4,6,8-16H2. The summed E-state index contributed by atoms with van der Waals surface area (Å²) in [4.78, 5) is 17.1. The fourth-order valence-corrected chi connectivity index (χ4v) is 4.12. The molecule has 1 amide bonds. The number of carbonyl (C=O) groups is 1. The number of hydrogen-bond donors (Lipinski definition) is 1. The Balaban J connectivity index is 1.72. The molecule has 0 aromatic heterocycles. The Morgan fingerprint density at radius 2 is 2.00 bits per heavy atom. The van der Waals surface area contributed by atoms with E-state index in [9.17, 15) is 9.90 Å². The van der Waals surface area contributed by atoms with Gasteiger partial charge >= 0.3 is 0 Å². The second-order valence-electron chi connectivity index (χ2n) is 7.44. The van der Waals surface area contributed by atoms with Gasteiger partial charge in [-0.2, -0.15) is 0 Å². The lowest BCUT2D eigenvalue weighted by molar-refractivity contribution is -0.135. The smallest absolute Gasteiger partial charge is 0.222 e. The number of benzene rings is 1. The van der Waals surface area contributed by atoms with Crippen LogP contribution in [0.1, 0.15) is 44.1 Å². The van der Waals surface area contributed by atoms with Crippen molar-refractivity contribution in [3.63, 3.8) is 0 Å². The van der Waals surface area contributed by atoms with Crippen LogP contribution in [0.25, 0.3) is 0 Å². The second-order valence-corrected chi connectivity index (χ2v) is 7.44. The summed E-state index contributed by atoms with van der Waals surface area (Å²) >= 11 is 0. The molecule has 1 unspecified atom stereocenters. The number of hydrogen-bond acceptors (Lipinski definition) is 4. The van der Waals surface area contributed by atoms with Gasteiger partial charge in [0.1, 0.15) is 12.4 Å². The lowest BCUT2D eigenvalue weighted by Gasteiger charge is -2.36. The minimum Gasteiger partial charge on any atom is -0.492 e. The number of rotatable bonds is 2. The molecule has 26 heavy (non-hydrogen) atoms. The van der Waals surface area contributed by atoms with E-state index in [0.717, 1.165) is 57.5 Å². The van der Waals surface area contributed by atoms with Crippen LogP contribution in [0.4, 0.5) is 0 Å². The average Bonchev–Trinajstić information content (AvgIpc) is 2.66. The van der Waals surface area contributed by atoms with Crippen molar-refractivity contribution in [1.82, 2.24) is 9.80 Å². The van der Waals surface area contributed by atoms with E-state index in [-0.39, 0.29) is 6.61 Å². The third kappa shape index (κ3) is 5.45. The summed E-state index contributed by atoms with van der Waals surface area (Å²) in [6.07, 6.45) is 6.94. The van der Waals surface area contributed by atoms with Gasteiger partial charge in [-0.15, -0.1) is 0 Å². The average molecular weight is 360 g/mol. The summed E-state index contributed by atoms with van der Waals surface area (Å²) < 4.78 is 5.93. The molecule has 5 heteroatoms. The zero-order chi connectivity index (χ0) is 18.2. The molecule has 5 nitrogen and oxygen atoms in total. The summed E-state index contributed by atoms with van der Waals surface area (Å²) in [7, 11) is 0. The van der Waals surface area contributed by atoms with Crippen LogP contribution in [0, 0.1) is 0 Å². The predicted molar refractivity (Wildman–Crippen MR) is 102 cm³/mol. The van der Waals surface area contributed by atoms with Crippen molar-refractivity contribution in [2.24, 2.45) is 0 Å². The molecule has 144 valence electrons. The number of nitrogens with zero attached hydrogens (tertiary/aromatic N) is 2. The Morgan fingerprint density at radius 1 is 1.08 bits per heavy atom. The zero-order valence-electron chi connectivity index (χ0n) is 15.7. The van der Waals surface area contributed by atoms with Crippen LogP contribution in [-0.2, 0) is 11.2 Å². The molecular weight excluding hydrogens is 328 g/mol. The Labute approximate surface area is 156 Å². The molecule has 2 aliphatic heterocycles. The van der Waals surface area contributed by atoms with E-state index >= 15 is 0 Å². The SMILES string of the molecule is O=C1CCCN(CCO)CCOc2cccc(c2)CCC2CCCCN12. The highest BCUT2D eigenvalue weighted by molar-refractivity contribution is 5.76. The zero-order valence-corrected chi connectivity index (χ0v) is 15.7. The monoisotopic (exact) mass is 360 g/mol. The van der Waals surface area contributed by atoms with E-state index in [2.05, 4.69) is 28.0 Å². The summed E-state index contributed by atoms with van der Waals surface area (Å²) in [6.45, 7) is 3.88. The van der Waals surface area contributed by atoms with E-state index in [1.807, 2.05) is 6.07 Å². The largest absolute Gasteiger partial charge is 0.492 e. The van der Waals surface area contributed by atoms with Gasteiger partial charge in [0, 0.05) is 32.1 Å². The normalized spacial score (nSPS) is 23.5. The maximum atomic E-state index is 12.8. The maximum Gasteiger partial charge on any atom is 0.222 e.